The van der Waals surface area contributed by atoms with Crippen LogP contribution in [-0.4, -0.2) is 44.3 Å². The van der Waals surface area contributed by atoms with Crippen molar-refractivity contribution >= 4 is 17.5 Å². The van der Waals surface area contributed by atoms with E-state index in [9.17, 15) is 27.2 Å². The quantitative estimate of drug-likeness (QED) is 0.319. The molecule has 12 heteroatoms. The highest BCUT2D eigenvalue weighted by atomic mass is 19.1. The summed E-state index contributed by atoms with van der Waals surface area (Å²) in [6.07, 6.45) is 2.92. The van der Waals surface area contributed by atoms with E-state index in [0.717, 1.165) is 0 Å². The van der Waals surface area contributed by atoms with Gasteiger partial charge in [-0.25, -0.2) is 22.2 Å². The molecule has 2 heterocycles. The highest BCUT2D eigenvalue weighted by molar-refractivity contribution is 5.97. The Hall–Kier alpha value is -4.74. The van der Waals surface area contributed by atoms with Crippen LogP contribution in [0.25, 0.3) is 0 Å². The molecule has 4 aromatic rings. The van der Waals surface area contributed by atoms with Crippen molar-refractivity contribution in [2.45, 2.75) is 25.4 Å². The molecule has 40 heavy (non-hydrogen) atoms. The summed E-state index contributed by atoms with van der Waals surface area (Å²) in [4.78, 5) is 27.8. The topological polar surface area (TPSA) is 89.4 Å². The van der Waals surface area contributed by atoms with E-state index in [1.54, 1.807) is 24.3 Å². The van der Waals surface area contributed by atoms with Gasteiger partial charge in [0.25, 0.3) is 0 Å². The van der Waals surface area contributed by atoms with Crippen molar-refractivity contribution in [3.05, 3.63) is 102 Å². The van der Waals surface area contributed by atoms with Crippen molar-refractivity contribution < 1.29 is 31.9 Å². The Morgan fingerprint density at radius 1 is 0.925 bits per heavy atom. The van der Waals surface area contributed by atoms with Crippen molar-refractivity contribution in [2.75, 3.05) is 11.9 Å². The standard InChI is InChI=1S/C28H23F4N5O3/c29-18-1-5-21(6-2-18)40-22-7-3-20(4-8-22)34-28(39)26-12-17(11-23-24(31)13-19(30)14-25(23)32)15-37(26)27(38)16-36-10-9-33-35-36/h1-10,13-14,17,26H,11-12,15-16H2,(H,34,39). The molecule has 2 unspecified atom stereocenters. The highest BCUT2D eigenvalue weighted by Crippen LogP contribution is 2.30. The Labute approximate surface area is 226 Å². The maximum atomic E-state index is 14.3. The second kappa shape index (κ2) is 11.6. The summed E-state index contributed by atoms with van der Waals surface area (Å²) in [5, 5.41) is 10.2. The van der Waals surface area contributed by atoms with Gasteiger partial charge in [0.1, 0.15) is 47.4 Å². The fourth-order valence-electron chi connectivity index (χ4n) is 4.67. The SMILES string of the molecule is O=C(Nc1ccc(Oc2ccc(F)cc2)cc1)C1CC(Cc2c(F)cc(F)cc2F)CN1C(=O)Cn1ccnn1. The molecule has 1 N–H and O–H groups in total. The first-order valence-corrected chi connectivity index (χ1v) is 12.4. The second-order valence-electron chi connectivity index (χ2n) is 9.39. The predicted molar refractivity (Wildman–Crippen MR) is 135 cm³/mol. The molecule has 1 saturated heterocycles. The molecule has 8 nitrogen and oxygen atoms in total. The van der Waals surface area contributed by atoms with Crippen LogP contribution in [0, 0.1) is 29.2 Å². The average molecular weight is 554 g/mol. The van der Waals surface area contributed by atoms with E-state index in [-0.39, 0.29) is 37.3 Å². The number of hydrogen-bond acceptors (Lipinski definition) is 5. The Morgan fingerprint density at radius 3 is 2.20 bits per heavy atom. The first-order chi connectivity index (χ1) is 19.2. The number of halogens is 4. The molecular formula is C28H23F4N5O3. The van der Waals surface area contributed by atoms with E-state index in [0.29, 0.717) is 29.3 Å². The number of amides is 2. The molecule has 1 aromatic heterocycles. The number of benzene rings is 3. The van der Waals surface area contributed by atoms with Crippen molar-refractivity contribution in [1.29, 1.82) is 0 Å². The Kier molecular flexibility index (Phi) is 7.76. The lowest BCUT2D eigenvalue weighted by molar-refractivity contribution is -0.137. The van der Waals surface area contributed by atoms with E-state index in [4.69, 9.17) is 4.74 Å². The summed E-state index contributed by atoms with van der Waals surface area (Å²) in [6, 6.07) is 12.2. The van der Waals surface area contributed by atoms with Crippen LogP contribution in [0.2, 0.25) is 0 Å². The zero-order chi connectivity index (χ0) is 28.2. The van der Waals surface area contributed by atoms with Crippen LogP contribution >= 0.6 is 0 Å². The van der Waals surface area contributed by atoms with Crippen molar-refractivity contribution in [2.24, 2.45) is 5.92 Å². The van der Waals surface area contributed by atoms with E-state index in [1.807, 2.05) is 0 Å². The predicted octanol–water partition coefficient (Wildman–Crippen LogP) is 4.73. The lowest BCUT2D eigenvalue weighted by atomic mass is 9.95. The molecular weight excluding hydrogens is 530 g/mol. The van der Waals surface area contributed by atoms with Crippen LogP contribution in [0.1, 0.15) is 12.0 Å². The minimum Gasteiger partial charge on any atom is -0.457 e. The van der Waals surface area contributed by atoms with E-state index in [1.165, 1.54) is 46.2 Å². The Morgan fingerprint density at radius 2 is 1.57 bits per heavy atom. The molecule has 5 rings (SSSR count). The van der Waals surface area contributed by atoms with E-state index < -0.39 is 41.2 Å². The third kappa shape index (κ3) is 6.28. The van der Waals surface area contributed by atoms with Crippen molar-refractivity contribution in [1.82, 2.24) is 19.9 Å². The summed E-state index contributed by atoms with van der Waals surface area (Å²) in [6.45, 7) is -0.114. The molecule has 1 fully saturated rings. The zero-order valence-electron chi connectivity index (χ0n) is 20.9. The zero-order valence-corrected chi connectivity index (χ0v) is 20.9. The molecule has 2 amide bonds. The third-order valence-corrected chi connectivity index (χ3v) is 6.55. The normalized spacial score (nSPS) is 16.6. The fraction of sp³-hybridized carbons (Fsp3) is 0.214. The molecule has 1 aliphatic heterocycles. The maximum absolute atomic E-state index is 14.3. The number of likely N-dealkylation sites (tertiary alicyclic amines) is 1. The minimum atomic E-state index is -1.03. The fourth-order valence-corrected chi connectivity index (χ4v) is 4.67. The van der Waals surface area contributed by atoms with Crippen LogP contribution in [0.5, 0.6) is 11.5 Å². The van der Waals surface area contributed by atoms with Crippen LogP contribution in [0.3, 0.4) is 0 Å². The van der Waals surface area contributed by atoms with Crippen LogP contribution in [0.4, 0.5) is 23.2 Å². The molecule has 206 valence electrons. The number of nitrogens with one attached hydrogen (secondary N) is 1. The van der Waals surface area contributed by atoms with E-state index >= 15 is 0 Å². The Balaban J connectivity index is 1.29. The maximum Gasteiger partial charge on any atom is 0.247 e. The molecule has 0 saturated carbocycles. The van der Waals surface area contributed by atoms with Gasteiger partial charge in [-0.05, 0) is 67.3 Å². The molecule has 1 aliphatic rings. The number of carbonyl (C=O) groups excluding carboxylic acids is 2. The number of aromatic nitrogens is 3. The van der Waals surface area contributed by atoms with Gasteiger partial charge in [0.05, 0.1) is 6.20 Å². The summed E-state index contributed by atoms with van der Waals surface area (Å²) in [7, 11) is 0. The smallest absolute Gasteiger partial charge is 0.247 e. The summed E-state index contributed by atoms with van der Waals surface area (Å²) in [5.74, 6) is -3.93. The highest BCUT2D eigenvalue weighted by Gasteiger charge is 2.40. The monoisotopic (exact) mass is 553 g/mol. The number of hydrogen-bond donors (Lipinski definition) is 1. The van der Waals surface area contributed by atoms with Gasteiger partial charge in [-0.1, -0.05) is 5.21 Å². The molecule has 3 aromatic carbocycles. The minimum absolute atomic E-state index is 0.0618. The molecule has 2 atom stereocenters. The van der Waals surface area contributed by atoms with Gasteiger partial charge in [0, 0.05) is 36.1 Å². The second-order valence-corrected chi connectivity index (χ2v) is 9.39. The van der Waals surface area contributed by atoms with Gasteiger partial charge in [-0.2, -0.15) is 0 Å². The average Bonchev–Trinajstić information content (AvgIpc) is 3.59. The number of ether oxygens (including phenoxy) is 1. The lowest BCUT2D eigenvalue weighted by Gasteiger charge is -2.24. The van der Waals surface area contributed by atoms with E-state index in [2.05, 4.69) is 15.6 Å². The number of carbonyl (C=O) groups is 2. The molecule has 0 bridgehead atoms. The van der Waals surface area contributed by atoms with Gasteiger partial charge in [0.2, 0.25) is 11.8 Å². The largest absolute Gasteiger partial charge is 0.457 e. The summed E-state index contributed by atoms with van der Waals surface area (Å²) < 4.78 is 62.1. The van der Waals surface area contributed by atoms with Crippen molar-refractivity contribution in [3.63, 3.8) is 0 Å². The molecule has 0 spiro atoms. The summed E-state index contributed by atoms with van der Waals surface area (Å²) in [5.41, 5.74) is 0.132. The van der Waals surface area contributed by atoms with Gasteiger partial charge in [-0.3, -0.25) is 9.59 Å². The lowest BCUT2D eigenvalue weighted by Crippen LogP contribution is -2.44. The van der Waals surface area contributed by atoms with Gasteiger partial charge in [0.15, 0.2) is 0 Å². The van der Waals surface area contributed by atoms with Gasteiger partial charge in [-0.15, -0.1) is 5.10 Å². The third-order valence-electron chi connectivity index (χ3n) is 6.55. The van der Waals surface area contributed by atoms with Crippen molar-refractivity contribution in [3.8, 4) is 11.5 Å². The van der Waals surface area contributed by atoms with Crippen LogP contribution in [-0.2, 0) is 22.6 Å². The molecule has 0 aliphatic carbocycles. The number of rotatable bonds is 8. The first kappa shape index (κ1) is 26.9. The summed E-state index contributed by atoms with van der Waals surface area (Å²) >= 11 is 0. The van der Waals surface area contributed by atoms with Crippen LogP contribution < -0.4 is 10.1 Å². The van der Waals surface area contributed by atoms with Crippen LogP contribution in [0.15, 0.2) is 73.1 Å². The Bertz CT molecular complexity index is 1470. The number of anilines is 1. The van der Waals surface area contributed by atoms with Gasteiger partial charge >= 0.3 is 0 Å². The molecule has 0 radical (unpaired) electrons. The first-order valence-electron chi connectivity index (χ1n) is 12.4. The van der Waals surface area contributed by atoms with Gasteiger partial charge < -0.3 is 15.0 Å². The number of nitrogens with zero attached hydrogens (tertiary/aromatic N) is 4.